The van der Waals surface area contributed by atoms with Gasteiger partial charge in [-0.3, -0.25) is 4.79 Å². The summed E-state index contributed by atoms with van der Waals surface area (Å²) in [5.41, 5.74) is 6.99. The largest absolute Gasteiger partial charge is 0.462 e. The van der Waals surface area contributed by atoms with Crippen molar-refractivity contribution >= 4 is 28.2 Å². The number of thiophene rings is 1. The van der Waals surface area contributed by atoms with Crippen molar-refractivity contribution in [1.82, 2.24) is 0 Å². The second-order valence-corrected chi connectivity index (χ2v) is 6.06. The van der Waals surface area contributed by atoms with E-state index >= 15 is 0 Å². The van der Waals surface area contributed by atoms with Crippen LogP contribution in [0, 0.1) is 0 Å². The van der Waals surface area contributed by atoms with E-state index in [1.165, 1.54) is 11.3 Å². The molecule has 1 heterocycles. The van der Waals surface area contributed by atoms with E-state index in [4.69, 9.17) is 10.5 Å². The molecular formula is C15H22N2O3S. The van der Waals surface area contributed by atoms with Crippen LogP contribution in [-0.4, -0.2) is 25.0 Å². The lowest BCUT2D eigenvalue weighted by molar-refractivity contribution is -0.116. The van der Waals surface area contributed by atoms with E-state index < -0.39 is 0 Å². The molecule has 2 rings (SSSR count). The van der Waals surface area contributed by atoms with E-state index in [2.05, 4.69) is 5.32 Å². The van der Waals surface area contributed by atoms with E-state index in [0.29, 0.717) is 36.1 Å². The summed E-state index contributed by atoms with van der Waals surface area (Å²) in [6.07, 6.45) is 4.23. The molecule has 0 spiro atoms. The molecule has 0 radical (unpaired) electrons. The van der Waals surface area contributed by atoms with Crippen LogP contribution in [0.4, 0.5) is 5.00 Å². The van der Waals surface area contributed by atoms with Crippen molar-refractivity contribution in [3.8, 4) is 0 Å². The zero-order valence-corrected chi connectivity index (χ0v) is 13.1. The number of esters is 1. The van der Waals surface area contributed by atoms with E-state index in [1.54, 1.807) is 6.92 Å². The first-order chi connectivity index (χ1) is 10.2. The summed E-state index contributed by atoms with van der Waals surface area (Å²) >= 11 is 1.41. The zero-order chi connectivity index (χ0) is 15.2. The summed E-state index contributed by atoms with van der Waals surface area (Å²) < 4.78 is 5.13. The second kappa shape index (κ2) is 7.56. The van der Waals surface area contributed by atoms with E-state index in [9.17, 15) is 9.59 Å². The van der Waals surface area contributed by atoms with Crippen LogP contribution in [-0.2, 0) is 9.53 Å². The molecule has 21 heavy (non-hydrogen) atoms. The summed E-state index contributed by atoms with van der Waals surface area (Å²) in [6.45, 7) is 2.71. The Bertz CT molecular complexity index is 509. The fourth-order valence-electron chi connectivity index (χ4n) is 2.19. The van der Waals surface area contributed by atoms with E-state index in [-0.39, 0.29) is 11.9 Å². The van der Waals surface area contributed by atoms with Gasteiger partial charge in [0, 0.05) is 6.42 Å². The van der Waals surface area contributed by atoms with Gasteiger partial charge in [0.2, 0.25) is 5.91 Å². The number of hydrogen-bond acceptors (Lipinski definition) is 5. The highest BCUT2D eigenvalue weighted by Crippen LogP contribution is 2.46. The maximum absolute atomic E-state index is 12.1. The molecule has 1 aliphatic rings. The van der Waals surface area contributed by atoms with Crippen molar-refractivity contribution in [2.75, 3.05) is 18.5 Å². The Kier molecular flexibility index (Phi) is 5.76. The fraction of sp³-hybridized carbons (Fsp3) is 0.600. The predicted molar refractivity (Wildman–Crippen MR) is 83.8 cm³/mol. The van der Waals surface area contributed by atoms with Crippen molar-refractivity contribution in [2.24, 2.45) is 5.73 Å². The Morgan fingerprint density at radius 1 is 1.43 bits per heavy atom. The summed E-state index contributed by atoms with van der Waals surface area (Å²) in [6, 6.07) is 0. The Balaban J connectivity index is 2.07. The molecule has 0 atom stereocenters. The first-order valence-corrected chi connectivity index (χ1v) is 8.33. The molecule has 1 aromatic rings. The van der Waals surface area contributed by atoms with Crippen LogP contribution < -0.4 is 11.1 Å². The maximum Gasteiger partial charge on any atom is 0.341 e. The van der Waals surface area contributed by atoms with Crippen LogP contribution >= 0.6 is 11.3 Å². The molecule has 1 amide bonds. The number of nitrogens with two attached hydrogens (primary N) is 1. The van der Waals surface area contributed by atoms with Crippen LogP contribution in [0.3, 0.4) is 0 Å². The highest BCUT2D eigenvalue weighted by atomic mass is 32.1. The van der Waals surface area contributed by atoms with Crippen LogP contribution in [0.2, 0.25) is 0 Å². The number of ether oxygens (including phenoxy) is 1. The molecule has 0 saturated heterocycles. The second-order valence-electron chi connectivity index (χ2n) is 5.18. The lowest BCUT2D eigenvalue weighted by Gasteiger charge is -2.08. The minimum Gasteiger partial charge on any atom is -0.462 e. The zero-order valence-electron chi connectivity index (χ0n) is 12.3. The Morgan fingerprint density at radius 2 is 2.19 bits per heavy atom. The van der Waals surface area contributed by atoms with Gasteiger partial charge in [-0.25, -0.2) is 4.79 Å². The summed E-state index contributed by atoms with van der Waals surface area (Å²) in [5.74, 6) is 0.0413. The van der Waals surface area contributed by atoms with Crippen LogP contribution in [0.15, 0.2) is 5.38 Å². The molecule has 1 aromatic heterocycles. The first kappa shape index (κ1) is 16.0. The monoisotopic (exact) mass is 310 g/mol. The van der Waals surface area contributed by atoms with Gasteiger partial charge in [-0.15, -0.1) is 11.3 Å². The molecule has 3 N–H and O–H groups in total. The number of nitrogens with one attached hydrogen (secondary N) is 1. The average Bonchev–Trinajstić information content (AvgIpc) is 3.21. The number of carbonyl (C=O) groups excluding carboxylic acids is 2. The highest BCUT2D eigenvalue weighted by Gasteiger charge is 2.32. The average molecular weight is 310 g/mol. The number of carbonyl (C=O) groups is 2. The van der Waals surface area contributed by atoms with Crippen molar-refractivity contribution in [3.63, 3.8) is 0 Å². The maximum atomic E-state index is 12.1. The minimum atomic E-state index is -0.335. The minimum absolute atomic E-state index is 0.0711. The van der Waals surface area contributed by atoms with Crippen molar-refractivity contribution in [2.45, 2.75) is 44.9 Å². The Hall–Kier alpha value is -1.40. The topological polar surface area (TPSA) is 81.4 Å². The number of amides is 1. The van der Waals surface area contributed by atoms with Crippen molar-refractivity contribution < 1.29 is 14.3 Å². The third-order valence-electron chi connectivity index (χ3n) is 3.43. The summed E-state index contributed by atoms with van der Waals surface area (Å²) in [4.78, 5) is 24.1. The van der Waals surface area contributed by atoms with Gasteiger partial charge >= 0.3 is 5.97 Å². The number of anilines is 1. The van der Waals surface area contributed by atoms with Gasteiger partial charge in [-0.2, -0.15) is 0 Å². The van der Waals surface area contributed by atoms with Gasteiger partial charge in [0.05, 0.1) is 12.2 Å². The molecule has 1 aliphatic carbocycles. The van der Waals surface area contributed by atoms with Crippen LogP contribution in [0.5, 0.6) is 0 Å². The standard InChI is InChI=1S/C15H22N2O3S/c1-2-20-15(19)13-11(10-6-7-10)9-21-14(13)17-12(18)5-3-4-8-16/h9-10H,2-8,16H2,1H3,(H,17,18). The van der Waals surface area contributed by atoms with E-state index in [0.717, 1.165) is 31.2 Å². The third-order valence-corrected chi connectivity index (χ3v) is 4.34. The smallest absolute Gasteiger partial charge is 0.341 e. The molecule has 1 saturated carbocycles. The third kappa shape index (κ3) is 4.28. The van der Waals surface area contributed by atoms with Gasteiger partial charge in [0.15, 0.2) is 0 Å². The SMILES string of the molecule is CCOC(=O)c1c(C2CC2)csc1NC(=O)CCCCN. The van der Waals surface area contributed by atoms with Gasteiger partial charge in [-0.05, 0) is 56.0 Å². The number of rotatable bonds is 8. The fourth-order valence-corrected chi connectivity index (χ4v) is 3.24. The van der Waals surface area contributed by atoms with Crippen LogP contribution in [0.25, 0.3) is 0 Å². The van der Waals surface area contributed by atoms with Crippen molar-refractivity contribution in [3.05, 3.63) is 16.5 Å². The molecular weight excluding hydrogens is 288 g/mol. The lowest BCUT2D eigenvalue weighted by Crippen LogP contribution is -2.15. The van der Waals surface area contributed by atoms with Gasteiger partial charge in [0.1, 0.15) is 5.00 Å². The quantitative estimate of drug-likeness (QED) is 0.571. The molecule has 0 unspecified atom stereocenters. The van der Waals surface area contributed by atoms with Gasteiger partial charge in [0.25, 0.3) is 0 Å². The predicted octanol–water partition coefficient (Wildman–Crippen LogP) is 2.87. The molecule has 6 heteroatoms. The van der Waals surface area contributed by atoms with E-state index in [1.807, 2.05) is 5.38 Å². The Labute approximate surface area is 128 Å². The molecule has 1 fully saturated rings. The van der Waals surface area contributed by atoms with Gasteiger partial charge in [-0.1, -0.05) is 0 Å². The summed E-state index contributed by atoms with van der Waals surface area (Å²) in [5, 5.41) is 5.44. The number of hydrogen-bond donors (Lipinski definition) is 2. The van der Waals surface area contributed by atoms with Crippen LogP contribution in [0.1, 0.15) is 60.9 Å². The molecule has 0 bridgehead atoms. The molecule has 5 nitrogen and oxygen atoms in total. The van der Waals surface area contributed by atoms with Crippen molar-refractivity contribution in [1.29, 1.82) is 0 Å². The summed E-state index contributed by atoms with van der Waals surface area (Å²) in [7, 11) is 0. The molecule has 116 valence electrons. The van der Waals surface area contributed by atoms with Gasteiger partial charge < -0.3 is 15.8 Å². The molecule has 0 aliphatic heterocycles. The Morgan fingerprint density at radius 3 is 2.81 bits per heavy atom. The first-order valence-electron chi connectivity index (χ1n) is 7.45. The normalized spacial score (nSPS) is 14.0. The number of unbranched alkanes of at least 4 members (excludes halogenated alkanes) is 1. The lowest BCUT2D eigenvalue weighted by atomic mass is 10.1. The highest BCUT2D eigenvalue weighted by molar-refractivity contribution is 7.15. The molecule has 0 aromatic carbocycles.